The minimum atomic E-state index is -5.17. The monoisotopic (exact) mass is 852 g/mol. The molecule has 0 saturated carbocycles. The second kappa shape index (κ2) is 13.4. The molecular weight excluding hydrogens is 833 g/mol. The molecule has 0 radical (unpaired) electrons. The van der Waals surface area contributed by atoms with E-state index in [1.807, 2.05) is 0 Å². The summed E-state index contributed by atoms with van der Waals surface area (Å²) in [7, 11) is -24.4. The number of phenols is 1. The highest BCUT2D eigenvalue weighted by Crippen LogP contribution is 2.43. The summed E-state index contributed by atoms with van der Waals surface area (Å²) in [6.45, 7) is 0. The lowest BCUT2D eigenvalue weighted by atomic mass is 10.1. The van der Waals surface area contributed by atoms with Crippen molar-refractivity contribution in [1.82, 2.24) is 0 Å². The molecule has 55 heavy (non-hydrogen) atoms. The lowest BCUT2D eigenvalue weighted by Gasteiger charge is -2.10. The van der Waals surface area contributed by atoms with Crippen LogP contribution in [0.2, 0.25) is 0 Å². The van der Waals surface area contributed by atoms with Crippen LogP contribution in [0.4, 0.5) is 22.7 Å². The average Bonchev–Trinajstić information content (AvgIpc) is 3.07. The van der Waals surface area contributed by atoms with Gasteiger partial charge in [-0.2, -0.15) is 42.1 Å². The van der Waals surface area contributed by atoms with E-state index in [0.29, 0.717) is 6.07 Å². The van der Waals surface area contributed by atoms with Crippen LogP contribution in [0.5, 0.6) is 5.75 Å². The molecule has 0 aromatic heterocycles. The van der Waals surface area contributed by atoms with E-state index in [0.717, 1.165) is 54.6 Å². The molecule has 0 aliphatic carbocycles. The molecule has 286 valence electrons. The first kappa shape index (κ1) is 39.3. The fraction of sp³-hybridized carbons (Fsp3) is 0. The normalized spacial score (nSPS) is 13.5. The lowest BCUT2D eigenvalue weighted by Crippen LogP contribution is -2.00. The Kier molecular flexibility index (Phi) is 9.62. The molecule has 0 fully saturated rings. The van der Waals surface area contributed by atoms with Crippen molar-refractivity contribution in [3.8, 4) is 5.75 Å². The topological polar surface area (TPSA) is 342 Å². The summed E-state index contributed by atoms with van der Waals surface area (Å²) >= 11 is 0. The van der Waals surface area contributed by atoms with Gasteiger partial charge in [0, 0.05) is 21.5 Å². The third-order valence-corrected chi connectivity index (χ3v) is 12.1. The minimum absolute atomic E-state index is 0.0510. The molecular formula is C30H20N4O16S5. The van der Waals surface area contributed by atoms with E-state index in [-0.39, 0.29) is 49.4 Å². The first-order chi connectivity index (χ1) is 25.3. The van der Waals surface area contributed by atoms with Crippen LogP contribution in [0.15, 0.2) is 130 Å². The van der Waals surface area contributed by atoms with Crippen LogP contribution in [0.3, 0.4) is 0 Å². The predicted octanol–water partition coefficient (Wildman–Crippen LogP) is 5.92. The van der Waals surface area contributed by atoms with E-state index in [1.54, 1.807) is 0 Å². The van der Waals surface area contributed by atoms with E-state index in [9.17, 15) is 70.0 Å². The van der Waals surface area contributed by atoms with E-state index in [1.165, 1.54) is 24.3 Å². The Hall–Kier alpha value is -5.35. The Morgan fingerprint density at radius 2 is 0.782 bits per heavy atom. The molecule has 0 aliphatic rings. The third-order valence-electron chi connectivity index (χ3n) is 7.83. The van der Waals surface area contributed by atoms with Gasteiger partial charge in [-0.1, -0.05) is 18.2 Å². The molecule has 6 rings (SSSR count). The van der Waals surface area contributed by atoms with Gasteiger partial charge >= 0.3 is 0 Å². The van der Waals surface area contributed by atoms with Gasteiger partial charge in [-0.05, 0) is 77.5 Å². The molecule has 6 N–H and O–H groups in total. The van der Waals surface area contributed by atoms with Gasteiger partial charge in [0.15, 0.2) is 5.75 Å². The van der Waals surface area contributed by atoms with Crippen LogP contribution in [-0.2, 0) is 50.6 Å². The maximum absolute atomic E-state index is 12.1. The zero-order valence-electron chi connectivity index (χ0n) is 26.7. The van der Waals surface area contributed by atoms with E-state index in [2.05, 4.69) is 20.5 Å². The van der Waals surface area contributed by atoms with Crippen molar-refractivity contribution in [2.45, 2.75) is 24.5 Å². The smallest absolute Gasteiger partial charge is 0.298 e. The molecule has 0 atom stereocenters. The quantitative estimate of drug-likeness (QED) is 0.0726. The molecule has 0 spiro atoms. The van der Waals surface area contributed by atoms with Crippen LogP contribution >= 0.6 is 0 Å². The van der Waals surface area contributed by atoms with Gasteiger partial charge in [0.1, 0.15) is 10.6 Å². The highest BCUT2D eigenvalue weighted by molar-refractivity contribution is 7.87. The largest absolute Gasteiger partial charge is 0.504 e. The summed E-state index contributed by atoms with van der Waals surface area (Å²) < 4.78 is 167. The van der Waals surface area contributed by atoms with Gasteiger partial charge in [-0.3, -0.25) is 22.8 Å². The number of benzene rings is 6. The third kappa shape index (κ3) is 8.05. The number of aromatic hydroxyl groups is 1. The first-order valence-electron chi connectivity index (χ1n) is 14.5. The molecule has 6 aromatic rings. The summed E-state index contributed by atoms with van der Waals surface area (Å²) in [5.74, 6) is -1.13. The minimum Gasteiger partial charge on any atom is -0.504 e. The molecule has 0 amide bonds. The summed E-state index contributed by atoms with van der Waals surface area (Å²) in [5.41, 5.74) is -1.13. The molecule has 0 heterocycles. The second-order valence-corrected chi connectivity index (χ2v) is 18.4. The van der Waals surface area contributed by atoms with Crippen molar-refractivity contribution in [2.75, 3.05) is 0 Å². The Labute approximate surface area is 309 Å². The highest BCUT2D eigenvalue weighted by atomic mass is 32.2. The number of hydrogen-bond donors (Lipinski definition) is 6. The molecule has 6 aromatic carbocycles. The van der Waals surface area contributed by atoms with Crippen LogP contribution in [0, 0.1) is 0 Å². The van der Waals surface area contributed by atoms with Crippen LogP contribution < -0.4 is 0 Å². The SMILES string of the molecule is O=S(=O)(O)c1ccc2c(N=Nc3ccc(N=Nc4c(O)c(S(=O)(=O)O)cc5cc(S(=O)(=O)O)ccc45)c4cc(S(=O)(=O)O)ccc34)cc(S(=O)(=O)O)cc2c1. The van der Waals surface area contributed by atoms with Crippen LogP contribution in [-0.4, -0.2) is 70.0 Å². The number of azo groups is 2. The average molecular weight is 853 g/mol. The Morgan fingerprint density at radius 3 is 1.31 bits per heavy atom. The van der Waals surface area contributed by atoms with Crippen molar-refractivity contribution >= 4 is 106 Å². The zero-order chi connectivity index (χ0) is 40.5. The number of phenolic OH excluding ortho intramolecular Hbond substituents is 1. The first-order valence-corrected chi connectivity index (χ1v) is 21.7. The zero-order valence-corrected chi connectivity index (χ0v) is 30.8. The molecule has 25 heteroatoms. The van der Waals surface area contributed by atoms with Crippen molar-refractivity contribution in [3.05, 3.63) is 84.9 Å². The predicted molar refractivity (Wildman–Crippen MR) is 191 cm³/mol. The van der Waals surface area contributed by atoms with Crippen molar-refractivity contribution in [2.24, 2.45) is 20.5 Å². The summed E-state index contributed by atoms with van der Waals surface area (Å²) in [5, 5.41) is 26.5. The molecule has 0 bridgehead atoms. The van der Waals surface area contributed by atoms with Gasteiger partial charge in [0.25, 0.3) is 50.6 Å². The van der Waals surface area contributed by atoms with Crippen LogP contribution in [0.25, 0.3) is 32.3 Å². The number of hydrogen-bond acceptors (Lipinski definition) is 15. The molecule has 0 unspecified atom stereocenters. The van der Waals surface area contributed by atoms with Crippen molar-refractivity contribution < 1.29 is 70.0 Å². The van der Waals surface area contributed by atoms with E-state index >= 15 is 0 Å². The summed E-state index contributed by atoms with van der Waals surface area (Å²) in [6.07, 6.45) is 0. The van der Waals surface area contributed by atoms with Gasteiger partial charge in [0.2, 0.25) is 0 Å². The van der Waals surface area contributed by atoms with Crippen molar-refractivity contribution in [1.29, 1.82) is 0 Å². The van der Waals surface area contributed by atoms with E-state index in [4.69, 9.17) is 0 Å². The Morgan fingerprint density at radius 1 is 0.364 bits per heavy atom. The van der Waals surface area contributed by atoms with E-state index < -0.39 is 86.5 Å². The maximum atomic E-state index is 12.1. The van der Waals surface area contributed by atoms with Gasteiger partial charge in [-0.25, -0.2) is 0 Å². The Bertz CT molecular complexity index is 3290. The van der Waals surface area contributed by atoms with Gasteiger partial charge < -0.3 is 5.11 Å². The maximum Gasteiger partial charge on any atom is 0.298 e. The molecule has 0 aliphatic heterocycles. The molecule has 0 saturated heterocycles. The summed E-state index contributed by atoms with van der Waals surface area (Å²) in [6, 6.07) is 13.9. The van der Waals surface area contributed by atoms with Gasteiger partial charge in [-0.15, -0.1) is 20.5 Å². The fourth-order valence-corrected chi connectivity index (χ4v) is 8.02. The summed E-state index contributed by atoms with van der Waals surface area (Å²) in [4.78, 5) is -3.76. The second-order valence-electron chi connectivity index (χ2n) is 11.4. The lowest BCUT2D eigenvalue weighted by molar-refractivity contribution is 0.444. The fourth-order valence-electron chi connectivity index (χ4n) is 5.32. The number of nitrogens with zero attached hydrogens (tertiary/aromatic N) is 4. The van der Waals surface area contributed by atoms with Crippen LogP contribution in [0.1, 0.15) is 0 Å². The highest BCUT2D eigenvalue weighted by Gasteiger charge is 2.24. The van der Waals surface area contributed by atoms with Crippen molar-refractivity contribution in [3.63, 3.8) is 0 Å². The standard InChI is InChI=1S/C30H20N4O16S5/c35-30-28(55(48,49)50)12-16-10-18(52(39,40)41)2-5-22(16)29(30)34-32-26-8-7-25(23-6-3-19(13-24(23)26)53(42,43)44)31-33-27-14-20(54(45,46)47)11-15-9-17(51(36,37)38)1-4-21(15)27/h1-14,35H,(H,36,37,38)(H,39,40,41)(H,42,43,44)(H,45,46,47)(H,48,49,50). The Balaban J connectivity index is 1.55. The molecule has 20 nitrogen and oxygen atoms in total. The van der Waals surface area contributed by atoms with Gasteiger partial charge in [0.05, 0.1) is 36.6 Å². The number of rotatable bonds is 9. The number of fused-ring (bicyclic) bond motifs is 3.